The molecule has 0 saturated heterocycles. The van der Waals surface area contributed by atoms with Gasteiger partial charge in [0.1, 0.15) is 0 Å². The summed E-state index contributed by atoms with van der Waals surface area (Å²) in [5.41, 5.74) is 0.474. The number of hydrogen-bond donors (Lipinski definition) is 1. The summed E-state index contributed by atoms with van der Waals surface area (Å²) in [4.78, 5) is 10.9. The summed E-state index contributed by atoms with van der Waals surface area (Å²) in [5, 5.41) is 0. The predicted molar refractivity (Wildman–Crippen MR) is 68.2 cm³/mol. The molecule has 0 saturated carbocycles. The van der Waals surface area contributed by atoms with Crippen LogP contribution in [-0.2, 0) is 19.7 Å². The van der Waals surface area contributed by atoms with Crippen molar-refractivity contribution >= 4 is 21.9 Å². The summed E-state index contributed by atoms with van der Waals surface area (Å²) >= 11 is 0. The van der Waals surface area contributed by atoms with Crippen molar-refractivity contribution in [2.45, 2.75) is 6.42 Å². The standard InChI is InChI=1S/C11H16N2O4S/c1-13(9-8-11(14)17-2)18(15,16)12-10-6-4-3-5-7-10/h3-7,12H,8-9H2,1-2H3. The lowest BCUT2D eigenvalue weighted by molar-refractivity contribution is -0.140. The number of benzene rings is 1. The Labute approximate surface area is 107 Å². The zero-order chi connectivity index (χ0) is 13.6. The molecule has 0 heterocycles. The molecule has 0 aromatic heterocycles. The highest BCUT2D eigenvalue weighted by molar-refractivity contribution is 7.90. The fourth-order valence-corrected chi connectivity index (χ4v) is 2.13. The number of esters is 1. The fraction of sp³-hybridized carbons (Fsp3) is 0.364. The molecule has 6 nitrogen and oxygen atoms in total. The number of carbonyl (C=O) groups is 1. The van der Waals surface area contributed by atoms with Crippen LogP contribution in [0.4, 0.5) is 5.69 Å². The third-order valence-electron chi connectivity index (χ3n) is 2.29. The number of para-hydroxylation sites is 1. The van der Waals surface area contributed by atoms with Crippen molar-refractivity contribution in [3.63, 3.8) is 0 Å². The highest BCUT2D eigenvalue weighted by atomic mass is 32.2. The Kier molecular flexibility index (Phi) is 5.11. The van der Waals surface area contributed by atoms with Crippen LogP contribution < -0.4 is 4.72 Å². The van der Waals surface area contributed by atoms with Crippen LogP contribution >= 0.6 is 0 Å². The fourth-order valence-electron chi connectivity index (χ4n) is 1.20. The number of methoxy groups -OCH3 is 1. The zero-order valence-electron chi connectivity index (χ0n) is 10.3. The number of anilines is 1. The van der Waals surface area contributed by atoms with E-state index in [-0.39, 0.29) is 13.0 Å². The number of carbonyl (C=O) groups excluding carboxylic acids is 1. The van der Waals surface area contributed by atoms with Crippen molar-refractivity contribution in [3.8, 4) is 0 Å². The van der Waals surface area contributed by atoms with Gasteiger partial charge >= 0.3 is 16.2 Å². The maximum atomic E-state index is 11.9. The molecule has 0 aliphatic carbocycles. The molecule has 1 aromatic carbocycles. The van der Waals surface area contributed by atoms with E-state index in [9.17, 15) is 13.2 Å². The van der Waals surface area contributed by atoms with E-state index in [4.69, 9.17) is 0 Å². The Morgan fingerprint density at radius 2 is 1.94 bits per heavy atom. The van der Waals surface area contributed by atoms with Gasteiger partial charge in [0.15, 0.2) is 0 Å². The molecular weight excluding hydrogens is 256 g/mol. The van der Waals surface area contributed by atoms with E-state index < -0.39 is 16.2 Å². The first-order chi connectivity index (χ1) is 8.45. The largest absolute Gasteiger partial charge is 0.469 e. The minimum Gasteiger partial charge on any atom is -0.469 e. The van der Waals surface area contributed by atoms with Gasteiger partial charge in [-0.2, -0.15) is 12.7 Å². The molecule has 0 bridgehead atoms. The monoisotopic (exact) mass is 272 g/mol. The Bertz CT molecular complexity index is 487. The molecule has 0 atom stereocenters. The van der Waals surface area contributed by atoms with Crippen molar-refractivity contribution in [2.24, 2.45) is 0 Å². The van der Waals surface area contributed by atoms with Gasteiger partial charge in [-0.1, -0.05) is 18.2 Å². The molecule has 0 unspecified atom stereocenters. The van der Waals surface area contributed by atoms with E-state index in [0.717, 1.165) is 4.31 Å². The zero-order valence-corrected chi connectivity index (χ0v) is 11.1. The topological polar surface area (TPSA) is 75.7 Å². The first-order valence-corrected chi connectivity index (χ1v) is 6.75. The summed E-state index contributed by atoms with van der Waals surface area (Å²) in [7, 11) is -0.982. The summed E-state index contributed by atoms with van der Waals surface area (Å²) in [6.07, 6.45) is 0.0166. The third kappa shape index (κ3) is 4.34. The number of rotatable bonds is 6. The summed E-state index contributed by atoms with van der Waals surface area (Å²) in [6, 6.07) is 8.54. The number of hydrogen-bond acceptors (Lipinski definition) is 4. The van der Waals surface area contributed by atoms with E-state index in [0.29, 0.717) is 5.69 Å². The second-order valence-electron chi connectivity index (χ2n) is 3.62. The van der Waals surface area contributed by atoms with Crippen LogP contribution in [0.2, 0.25) is 0 Å². The molecule has 0 aliphatic heterocycles. The third-order valence-corrected chi connectivity index (χ3v) is 3.79. The maximum Gasteiger partial charge on any atom is 0.306 e. The van der Waals surface area contributed by atoms with Crippen LogP contribution in [0, 0.1) is 0 Å². The molecule has 0 amide bonds. The Hall–Kier alpha value is -1.60. The molecular formula is C11H16N2O4S. The molecule has 0 fully saturated rings. The van der Waals surface area contributed by atoms with Gasteiger partial charge in [0, 0.05) is 19.3 Å². The van der Waals surface area contributed by atoms with Gasteiger partial charge in [0.2, 0.25) is 0 Å². The van der Waals surface area contributed by atoms with E-state index in [1.807, 2.05) is 0 Å². The molecule has 1 N–H and O–H groups in total. The van der Waals surface area contributed by atoms with Crippen molar-refractivity contribution in [2.75, 3.05) is 25.4 Å². The molecule has 1 rings (SSSR count). The van der Waals surface area contributed by atoms with Crippen molar-refractivity contribution in [1.82, 2.24) is 4.31 Å². The van der Waals surface area contributed by atoms with Gasteiger partial charge < -0.3 is 4.74 Å². The lowest BCUT2D eigenvalue weighted by Gasteiger charge is -2.17. The first-order valence-electron chi connectivity index (χ1n) is 5.31. The highest BCUT2D eigenvalue weighted by Crippen LogP contribution is 2.10. The average Bonchev–Trinajstić information content (AvgIpc) is 2.36. The second-order valence-corrected chi connectivity index (χ2v) is 5.40. The van der Waals surface area contributed by atoms with Crippen LogP contribution in [0.5, 0.6) is 0 Å². The Morgan fingerprint density at radius 1 is 1.33 bits per heavy atom. The minimum absolute atomic E-state index is 0.0166. The van der Waals surface area contributed by atoms with E-state index in [2.05, 4.69) is 9.46 Å². The van der Waals surface area contributed by atoms with Crippen LogP contribution in [0.3, 0.4) is 0 Å². The maximum absolute atomic E-state index is 11.9. The number of ether oxygens (including phenoxy) is 1. The van der Waals surface area contributed by atoms with Crippen LogP contribution in [-0.4, -0.2) is 39.4 Å². The predicted octanol–water partition coefficient (Wildman–Crippen LogP) is 0.838. The Morgan fingerprint density at radius 3 is 2.50 bits per heavy atom. The molecule has 0 aliphatic rings. The Balaban J connectivity index is 2.61. The van der Waals surface area contributed by atoms with Gasteiger partial charge in [-0.25, -0.2) is 0 Å². The van der Waals surface area contributed by atoms with Gasteiger partial charge in [-0.15, -0.1) is 0 Å². The van der Waals surface area contributed by atoms with Gasteiger partial charge in [0.25, 0.3) is 0 Å². The van der Waals surface area contributed by atoms with Crippen molar-refractivity contribution in [1.29, 1.82) is 0 Å². The molecule has 1 aromatic rings. The number of nitrogens with one attached hydrogen (secondary N) is 1. The second kappa shape index (κ2) is 6.36. The molecule has 0 radical (unpaired) electrons. The quantitative estimate of drug-likeness (QED) is 0.779. The van der Waals surface area contributed by atoms with Gasteiger partial charge in [-0.3, -0.25) is 9.52 Å². The van der Waals surface area contributed by atoms with E-state index >= 15 is 0 Å². The molecule has 7 heteroatoms. The first kappa shape index (κ1) is 14.5. The van der Waals surface area contributed by atoms with Crippen molar-refractivity contribution in [3.05, 3.63) is 30.3 Å². The van der Waals surface area contributed by atoms with Crippen LogP contribution in [0.15, 0.2) is 30.3 Å². The van der Waals surface area contributed by atoms with Gasteiger partial charge in [-0.05, 0) is 12.1 Å². The highest BCUT2D eigenvalue weighted by Gasteiger charge is 2.18. The van der Waals surface area contributed by atoms with Crippen molar-refractivity contribution < 1.29 is 17.9 Å². The van der Waals surface area contributed by atoms with Crippen LogP contribution in [0.1, 0.15) is 6.42 Å². The lowest BCUT2D eigenvalue weighted by Crippen LogP contribution is -2.34. The summed E-state index contributed by atoms with van der Waals surface area (Å²) < 4.78 is 31.6. The average molecular weight is 272 g/mol. The van der Waals surface area contributed by atoms with E-state index in [1.165, 1.54) is 14.2 Å². The lowest BCUT2D eigenvalue weighted by atomic mass is 10.3. The number of nitrogens with zero attached hydrogens (tertiary/aromatic N) is 1. The van der Waals surface area contributed by atoms with E-state index in [1.54, 1.807) is 30.3 Å². The molecule has 0 spiro atoms. The van der Waals surface area contributed by atoms with Crippen LogP contribution in [0.25, 0.3) is 0 Å². The normalized spacial score (nSPS) is 11.3. The van der Waals surface area contributed by atoms with Gasteiger partial charge in [0.05, 0.1) is 13.5 Å². The smallest absolute Gasteiger partial charge is 0.306 e. The minimum atomic E-state index is -3.64. The molecule has 100 valence electrons. The summed E-state index contributed by atoms with van der Waals surface area (Å²) in [5.74, 6) is -0.447. The molecule has 18 heavy (non-hydrogen) atoms. The SMILES string of the molecule is COC(=O)CCN(C)S(=O)(=O)Nc1ccccc1. The summed E-state index contributed by atoms with van der Waals surface area (Å²) in [6.45, 7) is 0.0643.